The van der Waals surface area contributed by atoms with Crippen molar-refractivity contribution in [2.45, 2.75) is 43.6 Å². The maximum Gasteiger partial charge on any atom is 0.337 e. The summed E-state index contributed by atoms with van der Waals surface area (Å²) in [5.41, 5.74) is 2.80. The summed E-state index contributed by atoms with van der Waals surface area (Å²) in [6, 6.07) is 12.5. The van der Waals surface area contributed by atoms with Gasteiger partial charge in [0.05, 0.1) is 30.4 Å². The van der Waals surface area contributed by atoms with Crippen LogP contribution in [0, 0.1) is 0 Å². The number of rotatable bonds is 5. The number of amides is 1. The van der Waals surface area contributed by atoms with E-state index in [2.05, 4.69) is 9.97 Å². The van der Waals surface area contributed by atoms with Crippen molar-refractivity contribution in [2.75, 3.05) is 20.2 Å². The number of pyridine rings is 2. The first-order chi connectivity index (χ1) is 20.3. The summed E-state index contributed by atoms with van der Waals surface area (Å²) in [6.45, 7) is 0.937. The van der Waals surface area contributed by atoms with Crippen LogP contribution in [0.4, 0.5) is 0 Å². The number of benzene rings is 2. The van der Waals surface area contributed by atoms with E-state index in [1.54, 1.807) is 25.4 Å². The summed E-state index contributed by atoms with van der Waals surface area (Å²) in [6.07, 6.45) is 8.19. The van der Waals surface area contributed by atoms with E-state index >= 15 is 0 Å². The van der Waals surface area contributed by atoms with Crippen LogP contribution in [-0.2, 0) is 0 Å². The van der Waals surface area contributed by atoms with E-state index in [-0.39, 0.29) is 53.2 Å². The van der Waals surface area contributed by atoms with E-state index in [4.69, 9.17) is 9.47 Å². The molecule has 2 aliphatic heterocycles. The minimum Gasteiger partial charge on any atom is -0.496 e. The van der Waals surface area contributed by atoms with E-state index < -0.39 is 11.6 Å². The molecule has 2 fully saturated rings. The van der Waals surface area contributed by atoms with Gasteiger partial charge in [-0.1, -0.05) is 6.07 Å². The van der Waals surface area contributed by atoms with E-state index in [1.807, 2.05) is 35.4 Å². The summed E-state index contributed by atoms with van der Waals surface area (Å²) < 4.78 is 12.1. The smallest absolute Gasteiger partial charge is 0.337 e. The first-order valence-corrected chi connectivity index (χ1v) is 14.1. The fourth-order valence-corrected chi connectivity index (χ4v) is 6.21. The Hall–Kier alpha value is -3.79. The zero-order valence-corrected chi connectivity index (χ0v) is 26.1. The largest absolute Gasteiger partial charge is 0.496 e. The number of fused-ring (bicyclic) bond motifs is 2. The third kappa shape index (κ3) is 5.41. The standard InChI is InChI=1S/C33H29N3O6.Na/c1-41-29-15-21(14-25-24(29)6-9-35-30(25)19-2-3-19)31(38)36-10-7-33(8-11-36)16-27(37)26-13-20(4-5-28(26)42-33)22-12-23(32(39)40)18-34-17-22;/h4-6,9,12-15,17-19H,2-3,7-8,10-11,16H2,1H3,(H,39,40);. The number of methoxy groups -OCH3 is 1. The van der Waals surface area contributed by atoms with Gasteiger partial charge < -0.3 is 19.5 Å². The number of nitrogens with zero attached hydrogens (tertiary/aromatic N) is 3. The van der Waals surface area contributed by atoms with Gasteiger partial charge in [-0.2, -0.15) is 0 Å². The molecule has 0 atom stereocenters. The summed E-state index contributed by atoms with van der Waals surface area (Å²) in [5, 5.41) is 11.2. The summed E-state index contributed by atoms with van der Waals surface area (Å²) >= 11 is 0. The van der Waals surface area contributed by atoms with Crippen LogP contribution in [0.25, 0.3) is 21.9 Å². The molecule has 4 heterocycles. The van der Waals surface area contributed by atoms with Crippen molar-refractivity contribution in [3.8, 4) is 22.6 Å². The minimum atomic E-state index is -1.06. The van der Waals surface area contributed by atoms with Gasteiger partial charge in [-0.05, 0) is 54.8 Å². The molecule has 2 aromatic heterocycles. The monoisotopic (exact) mass is 586 g/mol. The molecule has 1 radical (unpaired) electrons. The Labute approximate surface area is 270 Å². The van der Waals surface area contributed by atoms with Gasteiger partial charge in [0.25, 0.3) is 5.91 Å². The van der Waals surface area contributed by atoms with Crippen LogP contribution in [0.2, 0.25) is 0 Å². The Morgan fingerprint density at radius 1 is 1.00 bits per heavy atom. The normalized spacial score (nSPS) is 17.1. The number of carboxylic acid groups (broad SMARTS) is 1. The molecule has 4 aromatic rings. The van der Waals surface area contributed by atoms with Gasteiger partial charge in [0, 0.05) is 102 Å². The van der Waals surface area contributed by atoms with Crippen molar-refractivity contribution < 1.29 is 29.0 Å². The van der Waals surface area contributed by atoms with Crippen LogP contribution in [0.15, 0.2) is 61.1 Å². The molecule has 1 saturated carbocycles. The molecule has 43 heavy (non-hydrogen) atoms. The quantitative estimate of drug-likeness (QED) is 0.320. The van der Waals surface area contributed by atoms with Crippen LogP contribution in [0.1, 0.15) is 74.8 Å². The molecule has 1 amide bonds. The number of Topliss-reactive ketones (excluding diaryl/α,β-unsaturated/α-hetero) is 1. The molecule has 10 heteroatoms. The fourth-order valence-electron chi connectivity index (χ4n) is 6.21. The predicted molar refractivity (Wildman–Crippen MR) is 160 cm³/mol. The molecule has 3 aliphatic rings. The molecule has 1 N–H and O–H groups in total. The molecule has 2 aromatic carbocycles. The maximum atomic E-state index is 13.7. The van der Waals surface area contributed by atoms with Crippen LogP contribution < -0.4 is 9.47 Å². The molecule has 9 nitrogen and oxygen atoms in total. The number of aromatic carboxylic acids is 1. The van der Waals surface area contributed by atoms with Crippen molar-refractivity contribution >= 4 is 58.0 Å². The van der Waals surface area contributed by atoms with Crippen LogP contribution in [0.5, 0.6) is 11.5 Å². The molecule has 1 saturated heterocycles. The zero-order valence-electron chi connectivity index (χ0n) is 24.1. The minimum absolute atomic E-state index is 0. The Morgan fingerprint density at radius 3 is 2.51 bits per heavy atom. The second-order valence-electron chi connectivity index (χ2n) is 11.4. The molecule has 213 valence electrons. The Balaban J connectivity index is 0.00000329. The molecule has 7 rings (SSSR count). The Bertz CT molecular complexity index is 1780. The number of hydrogen-bond donors (Lipinski definition) is 1. The van der Waals surface area contributed by atoms with E-state index in [0.717, 1.165) is 29.3 Å². The number of likely N-dealkylation sites (tertiary alicyclic amines) is 1. The molecule has 1 spiro atoms. The fraction of sp³-hybridized carbons (Fsp3) is 0.303. The number of carbonyl (C=O) groups excluding carboxylic acids is 2. The first kappa shape index (κ1) is 29.3. The van der Waals surface area contributed by atoms with Crippen molar-refractivity contribution in [3.63, 3.8) is 0 Å². The Morgan fingerprint density at radius 2 is 1.79 bits per heavy atom. The van der Waals surface area contributed by atoms with Gasteiger partial charge in [0.1, 0.15) is 17.1 Å². The summed E-state index contributed by atoms with van der Waals surface area (Å²) in [7, 11) is 1.62. The number of carbonyl (C=O) groups is 3. The molecular weight excluding hydrogens is 557 g/mol. The maximum absolute atomic E-state index is 13.7. The van der Waals surface area contributed by atoms with Gasteiger partial charge in [-0.25, -0.2) is 4.79 Å². The van der Waals surface area contributed by atoms with Gasteiger partial charge in [-0.3, -0.25) is 19.6 Å². The average Bonchev–Trinajstić information content (AvgIpc) is 3.86. The topological polar surface area (TPSA) is 119 Å². The average molecular weight is 587 g/mol. The third-order valence-corrected chi connectivity index (χ3v) is 8.67. The van der Waals surface area contributed by atoms with E-state index in [1.165, 1.54) is 12.3 Å². The zero-order chi connectivity index (χ0) is 29.0. The van der Waals surface area contributed by atoms with Crippen LogP contribution >= 0.6 is 0 Å². The molecule has 1 aliphatic carbocycles. The van der Waals surface area contributed by atoms with Crippen molar-refractivity contribution in [3.05, 3.63) is 83.4 Å². The van der Waals surface area contributed by atoms with Gasteiger partial charge >= 0.3 is 5.97 Å². The molecular formula is C33H29N3NaO6. The predicted octanol–water partition coefficient (Wildman–Crippen LogP) is 5.14. The second-order valence-corrected chi connectivity index (χ2v) is 11.4. The number of aromatic nitrogens is 2. The third-order valence-electron chi connectivity index (χ3n) is 8.67. The first-order valence-electron chi connectivity index (χ1n) is 14.1. The summed E-state index contributed by atoms with van der Waals surface area (Å²) in [4.78, 5) is 48.9. The number of hydrogen-bond acceptors (Lipinski definition) is 7. The van der Waals surface area contributed by atoms with E-state index in [0.29, 0.717) is 65.6 Å². The number of ketones is 1. The number of ether oxygens (including phenoxy) is 2. The van der Waals surface area contributed by atoms with E-state index in [9.17, 15) is 19.5 Å². The van der Waals surface area contributed by atoms with Crippen molar-refractivity contribution in [1.82, 2.24) is 14.9 Å². The number of carboxylic acids is 1. The van der Waals surface area contributed by atoms with Gasteiger partial charge in [0.15, 0.2) is 5.78 Å². The SMILES string of the molecule is COc1cc(C(=O)N2CCC3(CC2)CC(=O)c2cc(-c4cncc(C(=O)O)c4)ccc2O3)cc2c(C3CC3)nccc12.[Na]. The number of piperidine rings is 1. The molecule has 0 bridgehead atoms. The van der Waals surface area contributed by atoms with Crippen LogP contribution in [-0.4, -0.2) is 93.0 Å². The van der Waals surface area contributed by atoms with Gasteiger partial charge in [-0.15, -0.1) is 0 Å². The Kier molecular flexibility index (Phi) is 7.75. The van der Waals surface area contributed by atoms with Crippen LogP contribution in [0.3, 0.4) is 0 Å². The van der Waals surface area contributed by atoms with Crippen molar-refractivity contribution in [1.29, 1.82) is 0 Å². The second kappa shape index (κ2) is 11.4. The molecule has 0 unspecified atom stereocenters. The van der Waals surface area contributed by atoms with Crippen molar-refractivity contribution in [2.24, 2.45) is 0 Å². The van der Waals surface area contributed by atoms with Gasteiger partial charge in [0.2, 0.25) is 0 Å². The summed E-state index contributed by atoms with van der Waals surface area (Å²) in [5.74, 6) is 0.450.